The van der Waals surface area contributed by atoms with Crippen molar-refractivity contribution in [2.45, 2.75) is 12.8 Å². The van der Waals surface area contributed by atoms with Crippen LogP contribution < -0.4 is 0 Å². The van der Waals surface area contributed by atoms with Crippen LogP contribution in [0.1, 0.15) is 11.1 Å². The predicted molar refractivity (Wildman–Crippen MR) is 54.8 cm³/mol. The van der Waals surface area contributed by atoms with E-state index in [-0.39, 0.29) is 11.5 Å². The normalized spacial score (nSPS) is 9.00. The molecule has 0 atom stereocenters. The van der Waals surface area contributed by atoms with Crippen LogP contribution in [0.2, 0.25) is 0 Å². The monoisotopic (exact) mass is 186 g/mol. The molecular weight excluding hydrogens is 176 g/mol. The minimum Gasteiger partial charge on any atom is -0.507 e. The highest BCUT2D eigenvalue weighted by Gasteiger charge is 2.06. The van der Waals surface area contributed by atoms with Crippen molar-refractivity contribution in [1.82, 2.24) is 0 Å². The molecule has 1 aromatic rings. The summed E-state index contributed by atoms with van der Waals surface area (Å²) in [4.78, 5) is 0. The molecule has 0 aliphatic carbocycles. The van der Waals surface area contributed by atoms with Gasteiger partial charge in [0, 0.05) is 30.0 Å². The zero-order valence-electron chi connectivity index (χ0n) is 7.62. The van der Waals surface area contributed by atoms with E-state index in [0.29, 0.717) is 24.0 Å². The summed E-state index contributed by atoms with van der Waals surface area (Å²) in [6, 6.07) is 2.89. The first-order valence-electron chi connectivity index (χ1n) is 4.09. The quantitative estimate of drug-likeness (QED) is 0.686. The van der Waals surface area contributed by atoms with Crippen LogP contribution in [0.4, 0.5) is 0 Å². The number of aromatic hydroxyl groups is 2. The lowest BCUT2D eigenvalue weighted by atomic mass is 10.0. The lowest BCUT2D eigenvalue weighted by Gasteiger charge is -2.06. The number of phenols is 2. The van der Waals surface area contributed by atoms with E-state index in [1.54, 1.807) is 6.07 Å². The lowest BCUT2D eigenvalue weighted by molar-refractivity contribution is 0.444. The molecule has 1 aromatic carbocycles. The Morgan fingerprint density at radius 1 is 0.929 bits per heavy atom. The third-order valence-electron chi connectivity index (χ3n) is 1.86. The van der Waals surface area contributed by atoms with Crippen molar-refractivity contribution in [2.75, 3.05) is 0 Å². The molecule has 14 heavy (non-hydrogen) atoms. The van der Waals surface area contributed by atoms with Gasteiger partial charge in [0.2, 0.25) is 0 Å². The summed E-state index contributed by atoms with van der Waals surface area (Å²) in [7, 11) is 0. The van der Waals surface area contributed by atoms with E-state index in [0.717, 1.165) is 0 Å². The Morgan fingerprint density at radius 3 is 1.71 bits per heavy atom. The smallest absolute Gasteiger partial charge is 0.123 e. The number of hydrogen-bond donors (Lipinski definition) is 2. The molecule has 70 valence electrons. The van der Waals surface area contributed by atoms with E-state index < -0.39 is 0 Å². The van der Waals surface area contributed by atoms with Gasteiger partial charge in [0.1, 0.15) is 11.5 Å². The maximum atomic E-state index is 9.41. The summed E-state index contributed by atoms with van der Waals surface area (Å²) in [5, 5.41) is 18.8. The second-order valence-corrected chi connectivity index (χ2v) is 2.87. The Morgan fingerprint density at radius 2 is 1.36 bits per heavy atom. The molecule has 0 amide bonds. The summed E-state index contributed by atoms with van der Waals surface area (Å²) >= 11 is 0. The molecular formula is C12H10O2. The molecule has 2 N–H and O–H groups in total. The Balaban J connectivity index is 3.16. The summed E-state index contributed by atoms with van der Waals surface area (Å²) in [6.07, 6.45) is 10.9. The molecule has 0 spiro atoms. The Bertz CT molecular complexity index is 382. The molecule has 0 saturated carbocycles. The Kier molecular flexibility index (Phi) is 3.05. The van der Waals surface area contributed by atoms with Gasteiger partial charge in [-0.25, -0.2) is 0 Å². The van der Waals surface area contributed by atoms with Gasteiger partial charge in [-0.3, -0.25) is 0 Å². The second-order valence-electron chi connectivity index (χ2n) is 2.87. The van der Waals surface area contributed by atoms with Crippen LogP contribution in [0.5, 0.6) is 11.5 Å². The van der Waals surface area contributed by atoms with Gasteiger partial charge in [-0.2, -0.15) is 0 Å². The first kappa shape index (κ1) is 10.0. The van der Waals surface area contributed by atoms with E-state index in [2.05, 4.69) is 11.8 Å². The number of terminal acetylenes is 2. The van der Waals surface area contributed by atoms with Crippen LogP contribution in [-0.4, -0.2) is 10.2 Å². The van der Waals surface area contributed by atoms with E-state index in [1.165, 1.54) is 6.07 Å². The molecule has 0 bridgehead atoms. The molecule has 0 saturated heterocycles. The van der Waals surface area contributed by atoms with Crippen molar-refractivity contribution in [2.24, 2.45) is 0 Å². The van der Waals surface area contributed by atoms with Gasteiger partial charge in [-0.15, -0.1) is 24.7 Å². The van der Waals surface area contributed by atoms with Crippen molar-refractivity contribution < 1.29 is 10.2 Å². The zero-order chi connectivity index (χ0) is 10.6. The highest BCUT2D eigenvalue weighted by atomic mass is 16.3. The lowest BCUT2D eigenvalue weighted by Crippen LogP contribution is -1.89. The molecule has 0 fully saturated rings. The Labute approximate surface area is 83.2 Å². The number of rotatable bonds is 2. The predicted octanol–water partition coefficient (Wildman–Crippen LogP) is 1.45. The molecule has 0 aromatic heterocycles. The molecule has 2 nitrogen and oxygen atoms in total. The molecule has 0 heterocycles. The van der Waals surface area contributed by atoms with E-state index >= 15 is 0 Å². The van der Waals surface area contributed by atoms with Crippen molar-refractivity contribution in [3.05, 3.63) is 23.3 Å². The van der Waals surface area contributed by atoms with Gasteiger partial charge >= 0.3 is 0 Å². The highest BCUT2D eigenvalue weighted by Crippen LogP contribution is 2.27. The van der Waals surface area contributed by atoms with Gasteiger partial charge < -0.3 is 10.2 Å². The zero-order valence-corrected chi connectivity index (χ0v) is 7.62. The van der Waals surface area contributed by atoms with Gasteiger partial charge in [0.15, 0.2) is 0 Å². The summed E-state index contributed by atoms with van der Waals surface area (Å²) < 4.78 is 0. The molecule has 0 aliphatic heterocycles. The van der Waals surface area contributed by atoms with Gasteiger partial charge in [-0.1, -0.05) is 0 Å². The van der Waals surface area contributed by atoms with Crippen LogP contribution in [-0.2, 0) is 12.8 Å². The summed E-state index contributed by atoms with van der Waals surface area (Å²) in [5.74, 6) is 4.84. The molecule has 0 aliphatic rings. The van der Waals surface area contributed by atoms with E-state index in [4.69, 9.17) is 12.8 Å². The fraction of sp³-hybridized carbons (Fsp3) is 0.167. The topological polar surface area (TPSA) is 40.5 Å². The van der Waals surface area contributed by atoms with Crippen LogP contribution in [0, 0.1) is 24.7 Å². The average molecular weight is 186 g/mol. The number of phenolic OH excluding ortho intramolecular Hbond substituents is 2. The first-order chi connectivity index (χ1) is 6.69. The molecule has 1 rings (SSSR count). The van der Waals surface area contributed by atoms with E-state index in [9.17, 15) is 10.2 Å². The van der Waals surface area contributed by atoms with Crippen molar-refractivity contribution in [3.8, 4) is 36.2 Å². The van der Waals surface area contributed by atoms with Crippen LogP contribution in [0.25, 0.3) is 0 Å². The first-order valence-corrected chi connectivity index (χ1v) is 4.09. The van der Waals surface area contributed by atoms with Gasteiger partial charge in [0.25, 0.3) is 0 Å². The van der Waals surface area contributed by atoms with Crippen molar-refractivity contribution >= 4 is 0 Å². The number of benzene rings is 1. The third kappa shape index (κ3) is 2.00. The minimum atomic E-state index is 0.00113. The maximum absolute atomic E-state index is 9.41. The molecule has 2 heteroatoms. The SMILES string of the molecule is C#CCc1cc(CC#C)c(O)cc1O. The van der Waals surface area contributed by atoms with Crippen molar-refractivity contribution in [1.29, 1.82) is 0 Å². The van der Waals surface area contributed by atoms with Gasteiger partial charge in [-0.05, 0) is 6.07 Å². The van der Waals surface area contributed by atoms with Crippen molar-refractivity contribution in [3.63, 3.8) is 0 Å². The van der Waals surface area contributed by atoms with Gasteiger partial charge in [0.05, 0.1) is 0 Å². The largest absolute Gasteiger partial charge is 0.507 e. The summed E-state index contributed by atoms with van der Waals surface area (Å²) in [5.41, 5.74) is 1.21. The fourth-order valence-corrected chi connectivity index (χ4v) is 1.18. The molecule has 0 unspecified atom stereocenters. The second kappa shape index (κ2) is 4.25. The highest BCUT2D eigenvalue weighted by molar-refractivity contribution is 5.47. The average Bonchev–Trinajstić information content (AvgIpc) is 2.14. The maximum Gasteiger partial charge on any atom is 0.123 e. The Hall–Kier alpha value is -2.06. The van der Waals surface area contributed by atoms with E-state index in [1.807, 2.05) is 0 Å². The van der Waals surface area contributed by atoms with Crippen LogP contribution in [0.3, 0.4) is 0 Å². The standard InChI is InChI=1S/C12H10O2/c1-3-5-9-7-10(6-4-2)12(14)8-11(9)13/h1-2,7-8,13-14H,5-6H2. The van der Waals surface area contributed by atoms with Crippen LogP contribution in [0.15, 0.2) is 12.1 Å². The fourth-order valence-electron chi connectivity index (χ4n) is 1.18. The number of hydrogen-bond acceptors (Lipinski definition) is 2. The van der Waals surface area contributed by atoms with Crippen LogP contribution >= 0.6 is 0 Å². The summed E-state index contributed by atoms with van der Waals surface area (Å²) in [6.45, 7) is 0. The minimum absolute atomic E-state index is 0.00113. The molecule has 0 radical (unpaired) electrons. The third-order valence-corrected chi connectivity index (χ3v) is 1.86.